The molecule has 0 amide bonds. The Morgan fingerprint density at radius 3 is 2.39 bits per heavy atom. The molecule has 0 fully saturated rings. The van der Waals surface area contributed by atoms with Crippen LogP contribution in [0, 0.1) is 3.57 Å². The van der Waals surface area contributed by atoms with Gasteiger partial charge < -0.3 is 10.1 Å². The predicted molar refractivity (Wildman–Crippen MR) is 83.0 cm³/mol. The summed E-state index contributed by atoms with van der Waals surface area (Å²) in [6, 6.07) is 0. The molecular formula is C13H22IN3O. The van der Waals surface area contributed by atoms with Crippen molar-refractivity contribution in [3.63, 3.8) is 0 Å². The van der Waals surface area contributed by atoms with Crippen molar-refractivity contribution in [2.75, 3.05) is 19.0 Å². The number of ether oxygens (including phenoxy) is 1. The second-order valence-corrected chi connectivity index (χ2v) is 6.02. The highest BCUT2D eigenvalue weighted by Crippen LogP contribution is 2.29. The highest BCUT2D eigenvalue weighted by molar-refractivity contribution is 14.1. The number of nitrogens with zero attached hydrogens (tertiary/aromatic N) is 2. The molecule has 4 nitrogen and oxygen atoms in total. The first-order chi connectivity index (χ1) is 8.33. The van der Waals surface area contributed by atoms with Crippen LogP contribution in [-0.2, 0) is 10.3 Å². The summed E-state index contributed by atoms with van der Waals surface area (Å²) in [7, 11) is 1.88. The molecule has 102 valence electrons. The van der Waals surface area contributed by atoms with Gasteiger partial charge in [0.05, 0.1) is 9.26 Å². The summed E-state index contributed by atoms with van der Waals surface area (Å²) in [5, 5.41) is 3.13. The second-order valence-electron chi connectivity index (χ2n) is 4.94. The Balaban J connectivity index is 3.34. The van der Waals surface area contributed by atoms with Gasteiger partial charge in [0.2, 0.25) is 0 Å². The summed E-state index contributed by atoms with van der Waals surface area (Å²) in [6.45, 7) is 10.9. The minimum Gasteiger partial charge on any atom is -0.372 e. The van der Waals surface area contributed by atoms with Crippen molar-refractivity contribution < 1.29 is 4.74 Å². The first kappa shape index (κ1) is 15.6. The summed E-state index contributed by atoms with van der Waals surface area (Å²) in [4.78, 5) is 9.26. The summed E-state index contributed by atoms with van der Waals surface area (Å²) < 4.78 is 6.82. The van der Waals surface area contributed by atoms with E-state index < -0.39 is 5.60 Å². The van der Waals surface area contributed by atoms with Crippen LogP contribution >= 0.6 is 22.6 Å². The van der Waals surface area contributed by atoms with Crippen molar-refractivity contribution in [1.29, 1.82) is 0 Å². The Bertz CT molecular complexity index is 419. The molecule has 1 heterocycles. The third-order valence-corrected chi connectivity index (χ3v) is 3.77. The molecule has 1 aromatic rings. The lowest BCUT2D eigenvalue weighted by Crippen LogP contribution is -2.26. The third-order valence-electron chi connectivity index (χ3n) is 2.70. The number of nitrogens with one attached hydrogen (secondary N) is 1. The molecule has 18 heavy (non-hydrogen) atoms. The van der Waals surface area contributed by atoms with Crippen molar-refractivity contribution in [1.82, 2.24) is 9.97 Å². The summed E-state index contributed by atoms with van der Waals surface area (Å²) >= 11 is 2.29. The molecular weight excluding hydrogens is 341 g/mol. The van der Waals surface area contributed by atoms with Gasteiger partial charge in [-0.05, 0) is 49.3 Å². The maximum absolute atomic E-state index is 5.73. The van der Waals surface area contributed by atoms with E-state index >= 15 is 0 Å². The van der Waals surface area contributed by atoms with Crippen LogP contribution in [0.3, 0.4) is 0 Å². The lowest BCUT2D eigenvalue weighted by atomic mass is 10.1. The zero-order chi connectivity index (χ0) is 13.9. The topological polar surface area (TPSA) is 47.0 Å². The van der Waals surface area contributed by atoms with Gasteiger partial charge in [-0.25, -0.2) is 9.97 Å². The quantitative estimate of drug-likeness (QED) is 0.814. The van der Waals surface area contributed by atoms with Gasteiger partial charge in [-0.1, -0.05) is 13.8 Å². The zero-order valence-electron chi connectivity index (χ0n) is 12.0. The average Bonchev–Trinajstić information content (AvgIpc) is 2.28. The lowest BCUT2D eigenvalue weighted by Gasteiger charge is -2.25. The summed E-state index contributed by atoms with van der Waals surface area (Å²) in [5.41, 5.74) is 0.603. The van der Waals surface area contributed by atoms with E-state index in [0.717, 1.165) is 20.9 Å². The van der Waals surface area contributed by atoms with Gasteiger partial charge in [0.15, 0.2) is 5.82 Å². The van der Waals surface area contributed by atoms with Gasteiger partial charge in [0.25, 0.3) is 0 Å². The number of rotatable bonds is 5. The van der Waals surface area contributed by atoms with Gasteiger partial charge in [0, 0.05) is 13.7 Å². The van der Waals surface area contributed by atoms with Gasteiger partial charge >= 0.3 is 0 Å². The van der Waals surface area contributed by atoms with E-state index in [4.69, 9.17) is 4.74 Å². The molecule has 0 aliphatic rings. The van der Waals surface area contributed by atoms with E-state index in [0.29, 0.717) is 12.5 Å². The Morgan fingerprint density at radius 1 is 1.33 bits per heavy atom. The van der Waals surface area contributed by atoms with Crippen LogP contribution in [0.25, 0.3) is 0 Å². The first-order valence-electron chi connectivity index (χ1n) is 6.23. The third kappa shape index (κ3) is 3.32. The predicted octanol–water partition coefficient (Wildman–Crippen LogP) is 3.52. The lowest BCUT2D eigenvalue weighted by molar-refractivity contribution is -0.0209. The highest BCUT2D eigenvalue weighted by Gasteiger charge is 2.27. The maximum Gasteiger partial charge on any atom is 0.162 e. The van der Waals surface area contributed by atoms with Gasteiger partial charge in [-0.2, -0.15) is 0 Å². The highest BCUT2D eigenvalue weighted by atomic mass is 127. The van der Waals surface area contributed by atoms with Crippen LogP contribution in [0.1, 0.15) is 52.1 Å². The SMILES string of the molecule is CCOC(C)(C)c1nc(NC)c(I)c(C(C)C)n1. The van der Waals surface area contributed by atoms with E-state index in [9.17, 15) is 0 Å². The summed E-state index contributed by atoms with van der Waals surface area (Å²) in [6.07, 6.45) is 0. The average molecular weight is 363 g/mol. The van der Waals surface area contributed by atoms with E-state index in [-0.39, 0.29) is 0 Å². The molecule has 0 aliphatic carbocycles. The molecule has 0 unspecified atom stereocenters. The van der Waals surface area contributed by atoms with Crippen molar-refractivity contribution in [2.45, 2.75) is 46.1 Å². The molecule has 0 bridgehead atoms. The monoisotopic (exact) mass is 363 g/mol. The molecule has 5 heteroatoms. The van der Waals surface area contributed by atoms with Crippen molar-refractivity contribution in [2.24, 2.45) is 0 Å². The van der Waals surface area contributed by atoms with E-state index in [1.54, 1.807) is 0 Å². The van der Waals surface area contributed by atoms with Gasteiger partial charge in [0.1, 0.15) is 11.4 Å². The smallest absolute Gasteiger partial charge is 0.162 e. The van der Waals surface area contributed by atoms with E-state index in [2.05, 4.69) is 51.7 Å². The maximum atomic E-state index is 5.73. The number of aromatic nitrogens is 2. The number of hydrogen-bond acceptors (Lipinski definition) is 4. The molecule has 0 aliphatic heterocycles. The number of halogens is 1. The first-order valence-corrected chi connectivity index (χ1v) is 7.31. The molecule has 0 saturated heterocycles. The van der Waals surface area contributed by atoms with Crippen LogP contribution in [0.2, 0.25) is 0 Å². The fourth-order valence-electron chi connectivity index (χ4n) is 1.71. The second kappa shape index (κ2) is 6.14. The van der Waals surface area contributed by atoms with Crippen LogP contribution in [0.15, 0.2) is 0 Å². The number of hydrogen-bond donors (Lipinski definition) is 1. The van der Waals surface area contributed by atoms with Gasteiger partial charge in [-0.3, -0.25) is 0 Å². The van der Waals surface area contributed by atoms with Crippen LogP contribution in [0.4, 0.5) is 5.82 Å². The summed E-state index contributed by atoms with van der Waals surface area (Å²) in [5.74, 6) is 1.97. The molecule has 1 aromatic heterocycles. The van der Waals surface area contributed by atoms with E-state index in [1.807, 2.05) is 27.8 Å². The largest absolute Gasteiger partial charge is 0.372 e. The molecule has 0 radical (unpaired) electrons. The normalized spacial score (nSPS) is 12.0. The standard InChI is InChI=1S/C13H22IN3O/c1-7-18-13(4,5)12-16-10(8(2)3)9(14)11(15-6)17-12/h8H,7H2,1-6H3,(H,15,16,17). The molecule has 1 N–H and O–H groups in total. The minimum absolute atomic E-state index is 0.364. The van der Waals surface area contributed by atoms with Crippen LogP contribution < -0.4 is 5.32 Å². The van der Waals surface area contributed by atoms with Crippen LogP contribution in [0.5, 0.6) is 0 Å². The zero-order valence-corrected chi connectivity index (χ0v) is 14.1. The fraction of sp³-hybridized carbons (Fsp3) is 0.692. The van der Waals surface area contributed by atoms with Crippen molar-refractivity contribution in [3.8, 4) is 0 Å². The van der Waals surface area contributed by atoms with Gasteiger partial charge in [-0.15, -0.1) is 0 Å². The molecule has 1 rings (SSSR count). The van der Waals surface area contributed by atoms with Crippen LogP contribution in [-0.4, -0.2) is 23.6 Å². The van der Waals surface area contributed by atoms with Crippen molar-refractivity contribution in [3.05, 3.63) is 15.1 Å². The Labute approximate surface area is 123 Å². The molecule has 0 atom stereocenters. The fourth-order valence-corrected chi connectivity index (χ4v) is 2.84. The molecule has 0 spiro atoms. The molecule has 0 aromatic carbocycles. The Hall–Kier alpha value is -0.430. The minimum atomic E-state index is -0.464. The molecule has 0 saturated carbocycles. The van der Waals surface area contributed by atoms with E-state index in [1.165, 1.54) is 0 Å². The Kier molecular flexibility index (Phi) is 5.33. The number of anilines is 1. The van der Waals surface area contributed by atoms with Crippen molar-refractivity contribution >= 4 is 28.4 Å². The Morgan fingerprint density at radius 2 is 1.94 bits per heavy atom.